The second kappa shape index (κ2) is 7.94. The van der Waals surface area contributed by atoms with Crippen LogP contribution in [0.4, 0.5) is 8.78 Å². The average molecular weight is 432 g/mol. The molecule has 11 heteroatoms. The molecule has 0 aromatic heterocycles. The summed E-state index contributed by atoms with van der Waals surface area (Å²) in [4.78, 5) is 13.2. The van der Waals surface area contributed by atoms with Crippen LogP contribution in [-0.2, 0) is 19.9 Å². The SMILES string of the molecule is CC(c1cccc(S(N)(=O)=O)c1)N(C)C(=O)c1ccc(S(=O)(=O)C(F)F)cc1. The summed E-state index contributed by atoms with van der Waals surface area (Å²) < 4.78 is 71.0. The molecular formula is C17H18F2N2O5S2. The third kappa shape index (κ3) is 4.54. The van der Waals surface area contributed by atoms with E-state index in [2.05, 4.69) is 0 Å². The van der Waals surface area contributed by atoms with E-state index >= 15 is 0 Å². The predicted octanol–water partition coefficient (Wildman–Crippen LogP) is 2.16. The van der Waals surface area contributed by atoms with Gasteiger partial charge in [0.05, 0.1) is 15.8 Å². The van der Waals surface area contributed by atoms with Gasteiger partial charge in [0.25, 0.3) is 5.91 Å². The van der Waals surface area contributed by atoms with E-state index in [1.54, 1.807) is 13.0 Å². The molecule has 0 aliphatic rings. The lowest BCUT2D eigenvalue weighted by Gasteiger charge is -2.26. The monoisotopic (exact) mass is 432 g/mol. The van der Waals surface area contributed by atoms with Gasteiger partial charge in [0.15, 0.2) is 0 Å². The number of benzene rings is 2. The zero-order valence-corrected chi connectivity index (χ0v) is 16.5. The molecular weight excluding hydrogens is 414 g/mol. The molecule has 2 aromatic carbocycles. The van der Waals surface area contributed by atoms with Crippen molar-refractivity contribution in [2.75, 3.05) is 7.05 Å². The molecule has 2 N–H and O–H groups in total. The number of rotatable bonds is 6. The number of halogens is 2. The molecule has 0 heterocycles. The summed E-state index contributed by atoms with van der Waals surface area (Å²) in [6.45, 7) is 1.66. The van der Waals surface area contributed by atoms with Crippen LogP contribution in [0, 0.1) is 0 Å². The molecule has 0 spiro atoms. The molecule has 1 unspecified atom stereocenters. The van der Waals surface area contributed by atoms with Crippen molar-refractivity contribution in [2.24, 2.45) is 5.14 Å². The lowest BCUT2D eigenvalue weighted by Crippen LogP contribution is -2.30. The number of amides is 1. The summed E-state index contributed by atoms with van der Waals surface area (Å²) in [6, 6.07) is 9.42. The maximum absolute atomic E-state index is 12.6. The van der Waals surface area contributed by atoms with E-state index in [4.69, 9.17) is 5.14 Å². The topological polar surface area (TPSA) is 115 Å². The lowest BCUT2D eigenvalue weighted by molar-refractivity contribution is 0.0742. The molecule has 28 heavy (non-hydrogen) atoms. The molecule has 7 nitrogen and oxygen atoms in total. The van der Waals surface area contributed by atoms with Crippen LogP contribution in [-0.4, -0.2) is 40.4 Å². The third-order valence-corrected chi connectivity index (χ3v) is 6.54. The minimum absolute atomic E-state index is 0.0881. The van der Waals surface area contributed by atoms with Gasteiger partial charge in [-0.1, -0.05) is 12.1 Å². The fourth-order valence-electron chi connectivity index (χ4n) is 2.44. The van der Waals surface area contributed by atoms with Crippen LogP contribution in [0.1, 0.15) is 28.9 Å². The maximum Gasteiger partial charge on any atom is 0.341 e. The van der Waals surface area contributed by atoms with Crippen LogP contribution in [0.2, 0.25) is 0 Å². The first-order chi connectivity index (χ1) is 12.9. The smallest absolute Gasteiger partial charge is 0.335 e. The van der Waals surface area contributed by atoms with Gasteiger partial charge in [-0.05, 0) is 48.9 Å². The lowest BCUT2D eigenvalue weighted by atomic mass is 10.1. The first-order valence-corrected chi connectivity index (χ1v) is 11.0. The number of nitrogens with zero attached hydrogens (tertiary/aromatic N) is 1. The van der Waals surface area contributed by atoms with Crippen LogP contribution in [0.25, 0.3) is 0 Å². The molecule has 1 atom stereocenters. The summed E-state index contributed by atoms with van der Waals surface area (Å²) in [5.74, 6) is -4.06. The quantitative estimate of drug-likeness (QED) is 0.751. The van der Waals surface area contributed by atoms with Crippen molar-refractivity contribution in [3.05, 3.63) is 59.7 Å². The van der Waals surface area contributed by atoms with E-state index in [-0.39, 0.29) is 10.5 Å². The summed E-state index contributed by atoms with van der Waals surface area (Å²) >= 11 is 0. The van der Waals surface area contributed by atoms with Crippen LogP contribution in [0.3, 0.4) is 0 Å². The highest BCUT2D eigenvalue weighted by Gasteiger charge is 2.27. The molecule has 0 bridgehead atoms. The van der Waals surface area contributed by atoms with Crippen molar-refractivity contribution < 1.29 is 30.4 Å². The number of sulfonamides is 1. The number of alkyl halides is 2. The van der Waals surface area contributed by atoms with Crippen molar-refractivity contribution in [2.45, 2.75) is 28.5 Å². The van der Waals surface area contributed by atoms with E-state index < -0.39 is 42.5 Å². The maximum atomic E-state index is 12.6. The van der Waals surface area contributed by atoms with Gasteiger partial charge in [-0.25, -0.2) is 22.0 Å². The van der Waals surface area contributed by atoms with Gasteiger partial charge in [0.1, 0.15) is 0 Å². The fraction of sp³-hybridized carbons (Fsp3) is 0.235. The Morgan fingerprint density at radius 2 is 1.57 bits per heavy atom. The van der Waals surface area contributed by atoms with Gasteiger partial charge in [0.2, 0.25) is 19.9 Å². The number of carbonyl (C=O) groups is 1. The highest BCUT2D eigenvalue weighted by atomic mass is 32.2. The molecule has 0 radical (unpaired) electrons. The van der Waals surface area contributed by atoms with Gasteiger partial charge >= 0.3 is 5.76 Å². The Kier molecular flexibility index (Phi) is 6.21. The predicted molar refractivity (Wildman–Crippen MR) is 98.0 cm³/mol. The van der Waals surface area contributed by atoms with E-state index in [1.165, 1.54) is 30.1 Å². The van der Waals surface area contributed by atoms with Crippen molar-refractivity contribution in [3.63, 3.8) is 0 Å². The van der Waals surface area contributed by atoms with E-state index in [0.29, 0.717) is 5.56 Å². The molecule has 0 saturated carbocycles. The van der Waals surface area contributed by atoms with Gasteiger partial charge in [0, 0.05) is 12.6 Å². The van der Waals surface area contributed by atoms with Gasteiger partial charge in [-0.2, -0.15) is 8.78 Å². The van der Waals surface area contributed by atoms with E-state index in [9.17, 15) is 30.4 Å². The minimum atomic E-state index is -4.74. The largest absolute Gasteiger partial charge is 0.341 e. The summed E-state index contributed by atoms with van der Waals surface area (Å²) in [6.07, 6.45) is 0. The molecule has 152 valence electrons. The average Bonchev–Trinajstić information content (AvgIpc) is 2.65. The molecule has 1 amide bonds. The zero-order valence-electron chi connectivity index (χ0n) is 14.9. The molecule has 2 aromatic rings. The van der Waals surface area contributed by atoms with E-state index in [0.717, 1.165) is 24.3 Å². The Labute approximate surface area is 161 Å². The zero-order chi connectivity index (χ0) is 21.3. The number of hydrogen-bond acceptors (Lipinski definition) is 5. The Bertz CT molecular complexity index is 1080. The highest BCUT2D eigenvalue weighted by Crippen LogP contribution is 2.24. The summed E-state index contributed by atoms with van der Waals surface area (Å²) in [7, 11) is -7.18. The minimum Gasteiger partial charge on any atom is -0.335 e. The Morgan fingerprint density at radius 3 is 2.07 bits per heavy atom. The standard InChI is InChI=1S/C17H18F2N2O5S2/c1-11(13-4-3-5-15(10-13)28(20,25)26)21(2)16(22)12-6-8-14(9-7-12)27(23,24)17(18)19/h3-11,17H,1-2H3,(H2,20,25,26). The second-order valence-corrected chi connectivity index (χ2v) is 9.52. The highest BCUT2D eigenvalue weighted by molar-refractivity contribution is 7.91. The summed E-state index contributed by atoms with van der Waals surface area (Å²) in [5.41, 5.74) is 0.601. The Balaban J connectivity index is 2.27. The van der Waals surface area contributed by atoms with Crippen molar-refractivity contribution in [3.8, 4) is 0 Å². The Morgan fingerprint density at radius 1 is 1.00 bits per heavy atom. The van der Waals surface area contributed by atoms with Crippen molar-refractivity contribution >= 4 is 25.8 Å². The molecule has 0 aliphatic carbocycles. The van der Waals surface area contributed by atoms with Crippen molar-refractivity contribution in [1.82, 2.24) is 4.90 Å². The van der Waals surface area contributed by atoms with Crippen LogP contribution in [0.5, 0.6) is 0 Å². The first kappa shape index (κ1) is 21.9. The van der Waals surface area contributed by atoms with Crippen LogP contribution >= 0.6 is 0 Å². The third-order valence-electron chi connectivity index (χ3n) is 4.23. The van der Waals surface area contributed by atoms with Crippen LogP contribution in [0.15, 0.2) is 58.3 Å². The normalized spacial score (nSPS) is 13.4. The fourth-order valence-corrected chi connectivity index (χ4v) is 3.73. The summed E-state index contributed by atoms with van der Waals surface area (Å²) in [5, 5.41) is 5.11. The van der Waals surface area contributed by atoms with Gasteiger partial charge in [-0.15, -0.1) is 0 Å². The van der Waals surface area contributed by atoms with Gasteiger partial charge < -0.3 is 4.90 Å². The van der Waals surface area contributed by atoms with E-state index in [1.807, 2.05) is 0 Å². The number of hydrogen-bond donors (Lipinski definition) is 1. The number of nitrogens with two attached hydrogens (primary N) is 1. The molecule has 2 rings (SSSR count). The number of carbonyl (C=O) groups excluding carboxylic acids is 1. The molecule has 0 fully saturated rings. The van der Waals surface area contributed by atoms with Gasteiger partial charge in [-0.3, -0.25) is 4.79 Å². The second-order valence-electron chi connectivity index (χ2n) is 6.04. The number of sulfone groups is 1. The molecule has 0 aliphatic heterocycles. The first-order valence-electron chi connectivity index (χ1n) is 7.87. The number of primary sulfonamides is 1. The van der Waals surface area contributed by atoms with Crippen molar-refractivity contribution in [1.29, 1.82) is 0 Å². The Hall–Kier alpha value is -2.37. The van der Waals surface area contributed by atoms with Crippen LogP contribution < -0.4 is 5.14 Å². The molecule has 0 saturated heterocycles.